The number of nitrogens with one attached hydrogen (secondary N) is 1. The standard InChI is InChI=1S/C38H46FN3O7S/c1-5-8-9-10-15-23-48-38(44)41-50(45,46)34-20-14-12-18-30(34)27-21-22-28(31(39)24-27)25-42-35(16-6-2)40-32(7-3)36(42)37(43)49-26-29-17-11-13-19-33(29)47-4/h11-14,17-22,24H,5-10,15-16,23,25-26H2,1-4H3,(H,41,44). The van der Waals surface area contributed by atoms with E-state index in [1.807, 2.05) is 36.8 Å². The van der Waals surface area contributed by atoms with E-state index in [0.29, 0.717) is 47.7 Å². The van der Waals surface area contributed by atoms with Crippen LogP contribution in [-0.2, 0) is 45.5 Å². The number of nitrogens with zero attached hydrogens (tertiary/aromatic N) is 2. The highest BCUT2D eigenvalue weighted by Gasteiger charge is 2.26. The highest BCUT2D eigenvalue weighted by Crippen LogP contribution is 2.30. The van der Waals surface area contributed by atoms with E-state index in [2.05, 4.69) is 6.92 Å². The number of hydrogen-bond acceptors (Lipinski definition) is 8. The summed E-state index contributed by atoms with van der Waals surface area (Å²) in [6.07, 6.45) is 5.43. The Morgan fingerprint density at radius 2 is 1.62 bits per heavy atom. The van der Waals surface area contributed by atoms with Crippen LogP contribution in [0, 0.1) is 5.82 Å². The second-order valence-corrected chi connectivity index (χ2v) is 13.5. The number of carbonyl (C=O) groups is 2. The van der Waals surface area contributed by atoms with Gasteiger partial charge >= 0.3 is 12.1 Å². The molecule has 4 rings (SSSR count). The summed E-state index contributed by atoms with van der Waals surface area (Å²) in [7, 11) is -2.79. The Hall–Kier alpha value is -4.71. The Morgan fingerprint density at radius 3 is 2.34 bits per heavy atom. The van der Waals surface area contributed by atoms with Gasteiger partial charge in [-0.05, 0) is 43.0 Å². The number of carbonyl (C=O) groups excluding carboxylic acids is 2. The van der Waals surface area contributed by atoms with Crippen molar-refractivity contribution in [2.24, 2.45) is 0 Å². The molecular weight excluding hydrogens is 661 g/mol. The van der Waals surface area contributed by atoms with E-state index in [1.165, 1.54) is 18.2 Å². The van der Waals surface area contributed by atoms with Crippen molar-refractivity contribution in [2.45, 2.75) is 90.2 Å². The number of ether oxygens (including phenoxy) is 3. The molecule has 0 saturated carbocycles. The number of rotatable bonds is 18. The average Bonchev–Trinajstić information content (AvgIpc) is 3.46. The summed E-state index contributed by atoms with van der Waals surface area (Å²) in [5.74, 6) is 0.0398. The molecule has 1 amide bonds. The van der Waals surface area contributed by atoms with Crippen LogP contribution in [0.25, 0.3) is 11.1 Å². The van der Waals surface area contributed by atoms with Gasteiger partial charge < -0.3 is 18.8 Å². The molecule has 1 aromatic heterocycles. The quantitative estimate of drug-likeness (QED) is 0.0815. The zero-order valence-corrected chi connectivity index (χ0v) is 30.0. The lowest BCUT2D eigenvalue weighted by Gasteiger charge is -2.15. The van der Waals surface area contributed by atoms with E-state index in [4.69, 9.17) is 19.2 Å². The largest absolute Gasteiger partial charge is 0.496 e. The number of para-hydroxylation sites is 1. The van der Waals surface area contributed by atoms with E-state index in [1.54, 1.807) is 42.0 Å². The van der Waals surface area contributed by atoms with Crippen molar-refractivity contribution in [3.8, 4) is 16.9 Å². The number of imidazole rings is 1. The van der Waals surface area contributed by atoms with Crippen molar-refractivity contribution in [2.75, 3.05) is 13.7 Å². The fourth-order valence-corrected chi connectivity index (χ4v) is 6.79. The minimum atomic E-state index is -4.34. The van der Waals surface area contributed by atoms with Gasteiger partial charge in [-0.3, -0.25) is 0 Å². The van der Waals surface area contributed by atoms with E-state index in [0.717, 1.165) is 32.1 Å². The van der Waals surface area contributed by atoms with Gasteiger partial charge in [-0.2, -0.15) is 0 Å². The summed E-state index contributed by atoms with van der Waals surface area (Å²) in [4.78, 5) is 30.4. The van der Waals surface area contributed by atoms with Gasteiger partial charge in [-0.1, -0.05) is 95.0 Å². The molecule has 3 aromatic carbocycles. The van der Waals surface area contributed by atoms with E-state index in [9.17, 15) is 18.0 Å². The van der Waals surface area contributed by atoms with Crippen LogP contribution in [-0.4, -0.2) is 43.7 Å². The molecule has 0 radical (unpaired) electrons. The zero-order chi connectivity index (χ0) is 36.1. The number of amides is 1. The Morgan fingerprint density at radius 1 is 0.880 bits per heavy atom. The van der Waals surface area contributed by atoms with Gasteiger partial charge in [0.25, 0.3) is 10.0 Å². The summed E-state index contributed by atoms with van der Waals surface area (Å²) in [6, 6.07) is 17.7. The lowest BCUT2D eigenvalue weighted by Crippen LogP contribution is -2.31. The summed E-state index contributed by atoms with van der Waals surface area (Å²) in [5.41, 5.74) is 2.28. The van der Waals surface area contributed by atoms with Crippen molar-refractivity contribution in [1.82, 2.24) is 14.3 Å². The predicted molar refractivity (Wildman–Crippen MR) is 189 cm³/mol. The molecule has 0 bridgehead atoms. The third kappa shape index (κ3) is 9.71. The molecule has 0 aliphatic carbocycles. The van der Waals surface area contributed by atoms with Gasteiger partial charge in [0.1, 0.15) is 24.0 Å². The van der Waals surface area contributed by atoms with Crippen LogP contribution in [0.15, 0.2) is 71.6 Å². The van der Waals surface area contributed by atoms with Crippen molar-refractivity contribution >= 4 is 22.1 Å². The second-order valence-electron chi connectivity index (χ2n) is 11.9. The molecule has 0 saturated heterocycles. The molecule has 0 spiro atoms. The molecule has 1 heterocycles. The van der Waals surface area contributed by atoms with Crippen LogP contribution in [0.2, 0.25) is 0 Å². The molecule has 12 heteroatoms. The maximum absolute atomic E-state index is 15.9. The van der Waals surface area contributed by atoms with E-state index in [-0.39, 0.29) is 41.5 Å². The number of aryl methyl sites for hydroxylation is 2. The fourth-order valence-electron chi connectivity index (χ4n) is 5.66. The number of esters is 1. The smallest absolute Gasteiger partial charge is 0.421 e. The monoisotopic (exact) mass is 707 g/mol. The van der Waals surface area contributed by atoms with Crippen LogP contribution in [0.4, 0.5) is 9.18 Å². The Balaban J connectivity index is 1.57. The minimum Gasteiger partial charge on any atom is -0.496 e. The zero-order valence-electron chi connectivity index (χ0n) is 29.2. The number of benzene rings is 3. The van der Waals surface area contributed by atoms with Gasteiger partial charge in [0.15, 0.2) is 5.69 Å². The third-order valence-corrected chi connectivity index (χ3v) is 9.61. The van der Waals surface area contributed by atoms with Gasteiger partial charge in [-0.15, -0.1) is 0 Å². The maximum Gasteiger partial charge on any atom is 0.421 e. The lowest BCUT2D eigenvalue weighted by atomic mass is 10.0. The van der Waals surface area contributed by atoms with Crippen molar-refractivity contribution in [3.63, 3.8) is 0 Å². The molecule has 10 nitrogen and oxygen atoms in total. The summed E-state index contributed by atoms with van der Waals surface area (Å²) >= 11 is 0. The third-order valence-electron chi connectivity index (χ3n) is 8.24. The SMILES string of the molecule is CCCCCCCOC(=O)NS(=O)(=O)c1ccccc1-c1ccc(Cn2c(CCC)nc(CC)c2C(=O)OCc2ccccc2OC)c(F)c1. The first-order chi connectivity index (χ1) is 24.1. The highest BCUT2D eigenvalue weighted by molar-refractivity contribution is 7.90. The van der Waals surface area contributed by atoms with E-state index >= 15 is 4.39 Å². The van der Waals surface area contributed by atoms with Crippen molar-refractivity contribution in [1.29, 1.82) is 0 Å². The lowest BCUT2D eigenvalue weighted by molar-refractivity contribution is 0.0456. The van der Waals surface area contributed by atoms with Crippen LogP contribution in [0.3, 0.4) is 0 Å². The van der Waals surface area contributed by atoms with Crippen LogP contribution in [0.1, 0.15) is 92.4 Å². The van der Waals surface area contributed by atoms with E-state index < -0.39 is 27.9 Å². The number of halogens is 1. The number of unbranched alkanes of at least 4 members (excludes halogenated alkanes) is 4. The molecule has 0 aliphatic heterocycles. The normalized spacial score (nSPS) is 11.3. The van der Waals surface area contributed by atoms with Crippen LogP contribution in [0.5, 0.6) is 5.75 Å². The fraction of sp³-hybridized carbons (Fsp3) is 0.395. The first-order valence-corrected chi connectivity index (χ1v) is 18.6. The number of hydrogen-bond donors (Lipinski definition) is 1. The van der Waals surface area contributed by atoms with Gasteiger partial charge in [0.2, 0.25) is 0 Å². The van der Waals surface area contributed by atoms with Gasteiger partial charge in [0.05, 0.1) is 30.9 Å². The molecule has 0 atom stereocenters. The van der Waals surface area contributed by atoms with Gasteiger partial charge in [-0.25, -0.2) is 32.1 Å². The highest BCUT2D eigenvalue weighted by atomic mass is 32.2. The molecular formula is C38H46FN3O7S. The first kappa shape index (κ1) is 38.1. The molecule has 4 aromatic rings. The minimum absolute atomic E-state index is 0.000670. The first-order valence-electron chi connectivity index (χ1n) is 17.1. The van der Waals surface area contributed by atoms with Crippen molar-refractivity contribution in [3.05, 3.63) is 101 Å². The maximum atomic E-state index is 15.9. The number of methoxy groups -OCH3 is 1. The molecule has 50 heavy (non-hydrogen) atoms. The van der Waals surface area contributed by atoms with Crippen LogP contribution < -0.4 is 9.46 Å². The Kier molecular flexibility index (Phi) is 14.0. The Labute approximate surface area is 294 Å². The predicted octanol–water partition coefficient (Wildman–Crippen LogP) is 8.00. The molecule has 268 valence electrons. The number of aromatic nitrogens is 2. The van der Waals surface area contributed by atoms with Crippen LogP contribution >= 0.6 is 0 Å². The summed E-state index contributed by atoms with van der Waals surface area (Å²) < 4.78 is 62.3. The molecule has 0 fully saturated rings. The second kappa shape index (κ2) is 18.3. The molecule has 0 unspecified atom stereocenters. The van der Waals surface area contributed by atoms with Gasteiger partial charge in [0, 0.05) is 23.1 Å². The molecule has 1 N–H and O–H groups in total. The number of sulfonamides is 1. The van der Waals surface area contributed by atoms with Crippen molar-refractivity contribution < 1.29 is 36.6 Å². The summed E-state index contributed by atoms with van der Waals surface area (Å²) in [6.45, 7) is 6.08. The average molecular weight is 708 g/mol. The molecule has 0 aliphatic rings. The summed E-state index contributed by atoms with van der Waals surface area (Å²) in [5, 5.41) is 0. The Bertz CT molecular complexity index is 1870. The topological polar surface area (TPSA) is 126 Å².